The number of nitrogens with zero attached hydrogens (tertiary/aromatic N) is 3. The monoisotopic (exact) mass is 399 g/mol. The summed E-state index contributed by atoms with van der Waals surface area (Å²) in [4.78, 5) is 24.5. The van der Waals surface area contributed by atoms with E-state index in [1.807, 2.05) is 29.3 Å². The van der Waals surface area contributed by atoms with Crippen molar-refractivity contribution < 1.29 is 4.79 Å². The molecule has 0 bridgehead atoms. The minimum atomic E-state index is 0.253. The van der Waals surface area contributed by atoms with Gasteiger partial charge in [-0.05, 0) is 25.8 Å². The predicted octanol–water partition coefficient (Wildman–Crippen LogP) is 2.60. The third kappa shape index (κ3) is 6.05. The van der Waals surface area contributed by atoms with Gasteiger partial charge in [-0.25, -0.2) is 9.98 Å². The highest BCUT2D eigenvalue weighted by atomic mass is 32.1. The van der Waals surface area contributed by atoms with E-state index >= 15 is 0 Å². The summed E-state index contributed by atoms with van der Waals surface area (Å²) in [5.41, 5.74) is 1.27. The molecule has 1 atom stereocenters. The van der Waals surface area contributed by atoms with Crippen molar-refractivity contribution in [2.75, 3.05) is 26.2 Å². The Hall–Kier alpha value is -2.41. The van der Waals surface area contributed by atoms with Crippen LogP contribution in [0, 0.1) is 12.8 Å². The molecule has 1 aliphatic rings. The second kappa shape index (κ2) is 10.2. The molecule has 1 fully saturated rings. The highest BCUT2D eigenvalue weighted by Crippen LogP contribution is 2.18. The van der Waals surface area contributed by atoms with Crippen molar-refractivity contribution in [2.45, 2.75) is 33.2 Å². The van der Waals surface area contributed by atoms with Crippen molar-refractivity contribution in [1.82, 2.24) is 20.5 Å². The Balaban J connectivity index is 1.46. The van der Waals surface area contributed by atoms with Crippen LogP contribution in [0.4, 0.5) is 0 Å². The van der Waals surface area contributed by atoms with Gasteiger partial charge in [0.1, 0.15) is 5.01 Å². The first-order valence-corrected chi connectivity index (χ1v) is 10.7. The van der Waals surface area contributed by atoms with Crippen molar-refractivity contribution >= 4 is 23.2 Å². The number of aryl methyl sites for hydroxylation is 1. The molecule has 2 N–H and O–H groups in total. The van der Waals surface area contributed by atoms with Crippen molar-refractivity contribution in [3.63, 3.8) is 0 Å². The van der Waals surface area contributed by atoms with Crippen LogP contribution in [0.25, 0.3) is 0 Å². The summed E-state index contributed by atoms with van der Waals surface area (Å²) in [6, 6.07) is 10.3. The molecular formula is C21H29N5OS. The van der Waals surface area contributed by atoms with Crippen LogP contribution in [0.5, 0.6) is 0 Å². The molecule has 1 aliphatic heterocycles. The fourth-order valence-electron chi connectivity index (χ4n) is 3.32. The van der Waals surface area contributed by atoms with E-state index in [0.717, 1.165) is 43.6 Å². The standard InChI is InChI=1S/C21H29N5OS/c1-3-22-21(25-14-19-23-12-16(2)28-19)24-13-18-11-20(27)26(15-18)10-9-17-7-5-4-6-8-17/h4-8,12,18H,3,9-11,13-15H2,1-2H3,(H2,22,24,25). The lowest BCUT2D eigenvalue weighted by molar-refractivity contribution is -0.127. The Morgan fingerprint density at radius 1 is 1.32 bits per heavy atom. The zero-order valence-corrected chi connectivity index (χ0v) is 17.5. The van der Waals surface area contributed by atoms with Gasteiger partial charge >= 0.3 is 0 Å². The maximum absolute atomic E-state index is 12.3. The van der Waals surface area contributed by atoms with E-state index in [4.69, 9.17) is 0 Å². The summed E-state index contributed by atoms with van der Waals surface area (Å²) in [6.45, 7) is 7.82. The summed E-state index contributed by atoms with van der Waals surface area (Å²) in [5, 5.41) is 7.67. The molecule has 3 rings (SSSR count). The van der Waals surface area contributed by atoms with Crippen molar-refractivity contribution in [1.29, 1.82) is 0 Å². The van der Waals surface area contributed by atoms with Crippen LogP contribution < -0.4 is 10.6 Å². The molecule has 0 spiro atoms. The molecule has 1 amide bonds. The van der Waals surface area contributed by atoms with Gasteiger partial charge in [-0.2, -0.15) is 0 Å². The van der Waals surface area contributed by atoms with Gasteiger partial charge in [-0.1, -0.05) is 30.3 Å². The third-order valence-corrected chi connectivity index (χ3v) is 5.65. The molecule has 0 saturated carbocycles. The maximum Gasteiger partial charge on any atom is 0.223 e. The summed E-state index contributed by atoms with van der Waals surface area (Å²) < 4.78 is 0. The number of hydrogen-bond acceptors (Lipinski definition) is 4. The number of guanidine groups is 1. The van der Waals surface area contributed by atoms with E-state index in [1.165, 1.54) is 10.4 Å². The molecule has 0 aliphatic carbocycles. The number of carbonyl (C=O) groups excluding carboxylic acids is 1. The molecule has 150 valence electrons. The topological polar surface area (TPSA) is 69.6 Å². The molecule has 1 aromatic heterocycles. The van der Waals surface area contributed by atoms with E-state index < -0.39 is 0 Å². The Labute approximate surface area is 171 Å². The number of carbonyl (C=O) groups is 1. The predicted molar refractivity (Wildman–Crippen MR) is 115 cm³/mol. The van der Waals surface area contributed by atoms with Crippen LogP contribution >= 0.6 is 11.3 Å². The van der Waals surface area contributed by atoms with E-state index in [-0.39, 0.29) is 5.91 Å². The summed E-state index contributed by atoms with van der Waals surface area (Å²) >= 11 is 1.67. The second-order valence-electron chi connectivity index (χ2n) is 7.09. The molecule has 2 aromatic rings. The minimum absolute atomic E-state index is 0.253. The molecule has 1 unspecified atom stereocenters. The SMILES string of the molecule is CCNC(=NCc1ncc(C)s1)NCC1CC(=O)N(CCc2ccccc2)C1. The van der Waals surface area contributed by atoms with Crippen LogP contribution in [0.15, 0.2) is 41.5 Å². The summed E-state index contributed by atoms with van der Waals surface area (Å²) in [6.07, 6.45) is 3.39. The van der Waals surface area contributed by atoms with Crippen molar-refractivity contribution in [2.24, 2.45) is 10.9 Å². The zero-order valence-electron chi connectivity index (χ0n) is 16.6. The Morgan fingerprint density at radius 2 is 2.14 bits per heavy atom. The van der Waals surface area contributed by atoms with Crippen LogP contribution in [0.2, 0.25) is 0 Å². The first-order valence-electron chi connectivity index (χ1n) is 9.89. The number of nitrogens with one attached hydrogen (secondary N) is 2. The lowest BCUT2D eigenvalue weighted by Crippen LogP contribution is -2.40. The number of benzene rings is 1. The number of amides is 1. The number of thiazole rings is 1. The van der Waals surface area contributed by atoms with E-state index in [0.29, 0.717) is 18.9 Å². The fourth-order valence-corrected chi connectivity index (χ4v) is 4.03. The average Bonchev–Trinajstić information content (AvgIpc) is 3.28. The van der Waals surface area contributed by atoms with E-state index in [9.17, 15) is 4.79 Å². The smallest absolute Gasteiger partial charge is 0.223 e. The molecule has 6 nitrogen and oxygen atoms in total. The minimum Gasteiger partial charge on any atom is -0.357 e. The van der Waals surface area contributed by atoms with Gasteiger partial charge in [0.15, 0.2) is 5.96 Å². The molecule has 1 saturated heterocycles. The van der Waals surface area contributed by atoms with Crippen molar-refractivity contribution in [3.05, 3.63) is 52.0 Å². The van der Waals surface area contributed by atoms with E-state index in [1.54, 1.807) is 11.3 Å². The van der Waals surface area contributed by atoms with Crippen LogP contribution in [-0.2, 0) is 17.8 Å². The van der Waals surface area contributed by atoms with Gasteiger partial charge in [-0.3, -0.25) is 4.79 Å². The fraction of sp³-hybridized carbons (Fsp3) is 0.476. The Bertz CT molecular complexity index is 789. The number of rotatable bonds is 8. The highest BCUT2D eigenvalue weighted by molar-refractivity contribution is 7.11. The average molecular weight is 400 g/mol. The van der Waals surface area contributed by atoms with Crippen LogP contribution in [0.1, 0.15) is 28.8 Å². The first kappa shape index (κ1) is 20.3. The van der Waals surface area contributed by atoms with Gasteiger partial charge in [0.05, 0.1) is 6.54 Å². The molecular weight excluding hydrogens is 370 g/mol. The maximum atomic E-state index is 12.3. The highest BCUT2D eigenvalue weighted by Gasteiger charge is 2.29. The summed E-state index contributed by atoms with van der Waals surface area (Å²) in [7, 11) is 0. The van der Waals surface area contributed by atoms with Crippen molar-refractivity contribution in [3.8, 4) is 0 Å². The largest absolute Gasteiger partial charge is 0.357 e. The number of aromatic nitrogens is 1. The first-order chi connectivity index (χ1) is 13.6. The van der Waals surface area contributed by atoms with Gasteiger partial charge < -0.3 is 15.5 Å². The Morgan fingerprint density at radius 3 is 2.86 bits per heavy atom. The summed E-state index contributed by atoms with van der Waals surface area (Å²) in [5.74, 6) is 1.35. The Kier molecular flexibility index (Phi) is 7.42. The lowest BCUT2D eigenvalue weighted by Gasteiger charge is -2.18. The van der Waals surface area contributed by atoms with Crippen LogP contribution in [-0.4, -0.2) is 47.9 Å². The van der Waals surface area contributed by atoms with E-state index in [2.05, 4.69) is 46.6 Å². The third-order valence-electron chi connectivity index (χ3n) is 4.75. The van der Waals surface area contributed by atoms with Gasteiger partial charge in [0.2, 0.25) is 5.91 Å². The quantitative estimate of drug-likeness (QED) is 0.529. The normalized spacial score (nSPS) is 17.2. The van der Waals surface area contributed by atoms with Gasteiger partial charge in [-0.15, -0.1) is 11.3 Å². The lowest BCUT2D eigenvalue weighted by atomic mass is 10.1. The van der Waals surface area contributed by atoms with Gasteiger partial charge in [0, 0.05) is 49.6 Å². The van der Waals surface area contributed by atoms with Gasteiger partial charge in [0.25, 0.3) is 0 Å². The molecule has 2 heterocycles. The number of likely N-dealkylation sites (tertiary alicyclic amines) is 1. The molecule has 7 heteroatoms. The zero-order chi connectivity index (χ0) is 19.8. The number of aliphatic imine (C=N–C) groups is 1. The molecule has 0 radical (unpaired) electrons. The number of hydrogen-bond donors (Lipinski definition) is 2. The van der Waals surface area contributed by atoms with Crippen LogP contribution in [0.3, 0.4) is 0 Å². The second-order valence-corrected chi connectivity index (χ2v) is 8.41. The molecule has 1 aromatic carbocycles. The molecule has 28 heavy (non-hydrogen) atoms.